The molecule has 3 aromatic rings. The van der Waals surface area contributed by atoms with Crippen LogP contribution in [-0.4, -0.2) is 32.4 Å². The molecule has 0 aliphatic carbocycles. The molecule has 0 atom stereocenters. The van der Waals surface area contributed by atoms with Gasteiger partial charge in [0.15, 0.2) is 6.61 Å². The van der Waals surface area contributed by atoms with E-state index in [1.807, 2.05) is 42.5 Å². The summed E-state index contributed by atoms with van der Waals surface area (Å²) >= 11 is 1.04. The van der Waals surface area contributed by atoms with Gasteiger partial charge in [-0.2, -0.15) is 0 Å². The van der Waals surface area contributed by atoms with E-state index in [2.05, 4.69) is 4.72 Å². The number of hydrogen-bond acceptors (Lipinski definition) is 5. The van der Waals surface area contributed by atoms with Gasteiger partial charge in [-0.1, -0.05) is 60.3 Å². The molecule has 0 saturated heterocycles. The van der Waals surface area contributed by atoms with Crippen LogP contribution in [0.3, 0.4) is 0 Å². The summed E-state index contributed by atoms with van der Waals surface area (Å²) in [6, 6.07) is 21.6. The molecular weight excluding hydrogens is 382 g/mol. The van der Waals surface area contributed by atoms with E-state index in [0.29, 0.717) is 11.5 Å². The first-order chi connectivity index (χ1) is 13.0. The molecule has 140 valence electrons. The zero-order valence-electron chi connectivity index (χ0n) is 14.5. The van der Waals surface area contributed by atoms with Crippen molar-refractivity contribution in [3.05, 3.63) is 72.8 Å². The van der Waals surface area contributed by atoms with Crippen molar-refractivity contribution in [1.29, 1.82) is 0 Å². The van der Waals surface area contributed by atoms with E-state index in [9.17, 15) is 13.2 Å². The molecule has 27 heavy (non-hydrogen) atoms. The topological polar surface area (TPSA) is 72.5 Å². The van der Waals surface area contributed by atoms with Gasteiger partial charge in [0.05, 0.1) is 4.90 Å². The minimum Gasteiger partial charge on any atom is -0.485 e. The highest BCUT2D eigenvalue weighted by molar-refractivity contribution is 8.13. The summed E-state index contributed by atoms with van der Waals surface area (Å²) in [5.74, 6) is 0.965. The molecule has 0 aliphatic heterocycles. The lowest BCUT2D eigenvalue weighted by Gasteiger charge is -2.08. The summed E-state index contributed by atoms with van der Waals surface area (Å²) < 4.78 is 32.7. The fourth-order valence-corrected chi connectivity index (χ4v) is 4.23. The van der Waals surface area contributed by atoms with Crippen LogP contribution in [0.2, 0.25) is 0 Å². The lowest BCUT2D eigenvalue weighted by molar-refractivity contribution is -0.112. The van der Waals surface area contributed by atoms with Crippen LogP contribution < -0.4 is 9.46 Å². The number of ether oxygens (including phenoxy) is 1. The molecule has 5 nitrogen and oxygen atoms in total. The standard InChI is InChI=1S/C20H19NO4S2/c22-20(15-25-18-8-2-1-3-9-18)26-13-12-21-27(23,24)19-11-10-16-6-4-5-7-17(16)14-19/h1-11,14,21H,12-13,15H2. The number of para-hydroxylation sites is 1. The Hall–Kier alpha value is -2.35. The summed E-state index contributed by atoms with van der Waals surface area (Å²) in [6.45, 7) is 0.114. The average molecular weight is 402 g/mol. The van der Waals surface area contributed by atoms with Crippen LogP contribution in [-0.2, 0) is 14.8 Å². The van der Waals surface area contributed by atoms with E-state index in [-0.39, 0.29) is 23.2 Å². The third-order valence-electron chi connectivity index (χ3n) is 3.79. The van der Waals surface area contributed by atoms with Gasteiger partial charge in [0, 0.05) is 12.3 Å². The SMILES string of the molecule is O=C(COc1ccccc1)SCCNS(=O)(=O)c1ccc2ccccc2c1. The molecule has 0 aliphatic rings. The molecule has 3 aromatic carbocycles. The number of carbonyl (C=O) groups excluding carboxylic acids is 1. The van der Waals surface area contributed by atoms with Crippen molar-refractivity contribution in [2.24, 2.45) is 0 Å². The largest absolute Gasteiger partial charge is 0.485 e. The fourth-order valence-electron chi connectivity index (χ4n) is 2.46. The lowest BCUT2D eigenvalue weighted by atomic mass is 10.1. The highest BCUT2D eigenvalue weighted by Crippen LogP contribution is 2.19. The second-order valence-electron chi connectivity index (χ2n) is 5.73. The Kier molecular flexibility index (Phi) is 6.49. The van der Waals surface area contributed by atoms with E-state index < -0.39 is 10.0 Å². The maximum Gasteiger partial charge on any atom is 0.240 e. The highest BCUT2D eigenvalue weighted by atomic mass is 32.2. The van der Waals surface area contributed by atoms with Crippen LogP contribution >= 0.6 is 11.8 Å². The van der Waals surface area contributed by atoms with Gasteiger partial charge in [-0.25, -0.2) is 13.1 Å². The van der Waals surface area contributed by atoms with Crippen molar-refractivity contribution < 1.29 is 17.9 Å². The van der Waals surface area contributed by atoms with Gasteiger partial charge in [0.2, 0.25) is 15.1 Å². The first kappa shape index (κ1) is 19.4. The number of thioether (sulfide) groups is 1. The van der Waals surface area contributed by atoms with Crippen molar-refractivity contribution in [3.63, 3.8) is 0 Å². The number of nitrogens with one attached hydrogen (secondary N) is 1. The Morgan fingerprint density at radius 2 is 1.63 bits per heavy atom. The normalized spacial score (nSPS) is 11.4. The van der Waals surface area contributed by atoms with Gasteiger partial charge in [-0.05, 0) is 35.0 Å². The number of rotatable bonds is 8. The van der Waals surface area contributed by atoms with Crippen molar-refractivity contribution in [1.82, 2.24) is 4.72 Å². The molecule has 0 saturated carbocycles. The van der Waals surface area contributed by atoms with Crippen molar-refractivity contribution >= 4 is 37.7 Å². The van der Waals surface area contributed by atoms with Gasteiger partial charge in [0.1, 0.15) is 5.75 Å². The van der Waals surface area contributed by atoms with Gasteiger partial charge in [0.25, 0.3) is 0 Å². The van der Waals surface area contributed by atoms with Crippen LogP contribution in [0, 0.1) is 0 Å². The average Bonchev–Trinajstić information content (AvgIpc) is 2.70. The van der Waals surface area contributed by atoms with E-state index in [0.717, 1.165) is 22.5 Å². The third-order valence-corrected chi connectivity index (χ3v) is 6.10. The zero-order valence-corrected chi connectivity index (χ0v) is 16.1. The Morgan fingerprint density at radius 3 is 2.41 bits per heavy atom. The van der Waals surface area contributed by atoms with Crippen molar-refractivity contribution in [3.8, 4) is 5.75 Å². The molecule has 0 bridgehead atoms. The predicted molar refractivity (Wildman–Crippen MR) is 109 cm³/mol. The Morgan fingerprint density at radius 1 is 0.926 bits per heavy atom. The Bertz CT molecular complexity index is 1020. The van der Waals surface area contributed by atoms with Crippen LogP contribution in [0.25, 0.3) is 10.8 Å². The smallest absolute Gasteiger partial charge is 0.240 e. The molecule has 0 spiro atoms. The fraction of sp³-hybridized carbons (Fsp3) is 0.150. The number of benzene rings is 3. The number of fused-ring (bicyclic) bond motifs is 1. The summed E-state index contributed by atoms with van der Waals surface area (Å²) in [6.07, 6.45) is 0. The Balaban J connectivity index is 1.46. The predicted octanol–water partition coefficient (Wildman–Crippen LogP) is 3.46. The minimum absolute atomic E-state index is 0.0495. The number of carbonyl (C=O) groups is 1. The monoisotopic (exact) mass is 401 g/mol. The van der Waals surface area contributed by atoms with E-state index in [1.165, 1.54) is 0 Å². The van der Waals surface area contributed by atoms with Crippen molar-refractivity contribution in [2.75, 3.05) is 18.9 Å². The van der Waals surface area contributed by atoms with E-state index in [4.69, 9.17) is 4.74 Å². The summed E-state index contributed by atoms with van der Waals surface area (Å²) in [4.78, 5) is 12.0. The van der Waals surface area contributed by atoms with Crippen LogP contribution in [0.4, 0.5) is 0 Å². The molecule has 3 rings (SSSR count). The Labute approximate surface area is 162 Å². The van der Waals surface area contributed by atoms with Crippen LogP contribution in [0.1, 0.15) is 0 Å². The summed E-state index contributed by atoms with van der Waals surface area (Å²) in [7, 11) is -3.61. The van der Waals surface area contributed by atoms with Gasteiger partial charge in [-0.15, -0.1) is 0 Å². The summed E-state index contributed by atoms with van der Waals surface area (Å²) in [5, 5.41) is 1.70. The van der Waals surface area contributed by atoms with Crippen LogP contribution in [0.15, 0.2) is 77.7 Å². The molecule has 0 radical (unpaired) electrons. The molecule has 0 heterocycles. The van der Waals surface area contributed by atoms with Gasteiger partial charge >= 0.3 is 0 Å². The second kappa shape index (κ2) is 9.03. The lowest BCUT2D eigenvalue weighted by Crippen LogP contribution is -2.26. The van der Waals surface area contributed by atoms with Gasteiger partial charge < -0.3 is 4.74 Å². The zero-order chi connectivity index (χ0) is 19.1. The maximum atomic E-state index is 12.4. The maximum absolute atomic E-state index is 12.4. The second-order valence-corrected chi connectivity index (χ2v) is 8.65. The quantitative estimate of drug-likeness (QED) is 0.585. The molecule has 1 N–H and O–H groups in total. The molecule has 0 amide bonds. The molecular formula is C20H19NO4S2. The number of sulfonamides is 1. The molecule has 0 unspecified atom stereocenters. The van der Waals surface area contributed by atoms with Gasteiger partial charge in [-0.3, -0.25) is 4.79 Å². The molecule has 0 aromatic heterocycles. The summed E-state index contributed by atoms with van der Waals surface area (Å²) in [5.41, 5.74) is 0. The first-order valence-corrected chi connectivity index (χ1v) is 10.8. The van der Waals surface area contributed by atoms with E-state index in [1.54, 1.807) is 30.3 Å². The minimum atomic E-state index is -3.61. The third kappa shape index (κ3) is 5.56. The molecule has 7 heteroatoms. The highest BCUT2D eigenvalue weighted by Gasteiger charge is 2.14. The first-order valence-electron chi connectivity index (χ1n) is 8.36. The molecule has 0 fully saturated rings. The van der Waals surface area contributed by atoms with Crippen LogP contribution in [0.5, 0.6) is 5.75 Å². The number of hydrogen-bond donors (Lipinski definition) is 1. The van der Waals surface area contributed by atoms with Crippen molar-refractivity contribution in [2.45, 2.75) is 4.90 Å². The van der Waals surface area contributed by atoms with E-state index >= 15 is 0 Å².